The summed E-state index contributed by atoms with van der Waals surface area (Å²) in [6, 6.07) is 9.91. The van der Waals surface area contributed by atoms with Crippen LogP contribution in [0, 0.1) is 12.3 Å². The first-order valence-electron chi connectivity index (χ1n) is 23.6. The number of anilines is 4. The summed E-state index contributed by atoms with van der Waals surface area (Å²) in [4.78, 5) is 65.4. The number of imide groups is 1. The molecule has 16 nitrogen and oxygen atoms in total. The second kappa shape index (κ2) is 17.9. The maximum absolute atomic E-state index is 16.3. The highest BCUT2D eigenvalue weighted by atomic mass is 35.5. The van der Waals surface area contributed by atoms with Crippen LogP contribution in [-0.2, 0) is 22.5 Å². The lowest BCUT2D eigenvalue weighted by atomic mass is 9.70. The van der Waals surface area contributed by atoms with Crippen LogP contribution in [0.2, 0.25) is 5.02 Å². The molecule has 4 saturated heterocycles. The van der Waals surface area contributed by atoms with Crippen molar-refractivity contribution in [1.82, 2.24) is 39.9 Å². The Kier molecular flexibility index (Phi) is 12.1. The first kappa shape index (κ1) is 45.4. The van der Waals surface area contributed by atoms with Crippen LogP contribution in [0.1, 0.15) is 88.9 Å². The molecule has 5 amide bonds. The van der Waals surface area contributed by atoms with Gasteiger partial charge in [0, 0.05) is 82.2 Å². The molecular formula is C48H58ClF2N11O5. The maximum atomic E-state index is 16.3. The molecule has 3 N–H and O–H groups in total. The molecule has 2 aromatic carbocycles. The fraction of sp³-hybridized carbons (Fsp3) is 0.542. The SMILES string of the molecule is CNc1cc(N2CCc3c(CN4CC[C@@H](N5CCC6(CCN(C(=O)c7cc(Cl)c(C)c(N8CCC(=O)NC8=O)c7)CC6)CC5)C(F)(F)C4)cccc32)nn2c(C(=O)N[C@@H]3CC[C@H]3OC)cnc12. The standard InChI is InChI=1S/C48H58ClF2N11O5/c1-29-33(49)23-31(24-37(29)61-18-11-42(63)55-46(61)66)45(65)59-21-14-47(15-22-59)12-19-58(20-13-47)40-10-16-57(28-48(40,50)51)27-30-5-4-6-36-32(30)9-17-60(36)41-25-35(52-2)43-53-26-38(62(43)56-41)44(64)54-34-7-8-39(34)67-3/h4-6,23-26,34,39-40,52H,7-22,27-28H2,1-3H3,(H,54,64)(H,55,63,66)/t34-,39-,40-/m1/s1. The zero-order valence-corrected chi connectivity index (χ0v) is 39.0. The van der Waals surface area contributed by atoms with E-state index in [9.17, 15) is 19.2 Å². The van der Waals surface area contributed by atoms with Gasteiger partial charge in [-0.05, 0) is 112 Å². The molecule has 1 aliphatic carbocycles. The van der Waals surface area contributed by atoms with E-state index in [1.54, 1.807) is 36.9 Å². The van der Waals surface area contributed by atoms with Gasteiger partial charge in [-0.25, -0.2) is 23.1 Å². The van der Waals surface area contributed by atoms with E-state index in [-0.39, 0.29) is 54.8 Å². The number of methoxy groups -OCH3 is 1. The van der Waals surface area contributed by atoms with Crippen molar-refractivity contribution in [2.45, 2.75) is 95.4 Å². The van der Waals surface area contributed by atoms with Crippen LogP contribution in [-0.4, -0.2) is 144 Å². The number of carbonyl (C=O) groups is 4. The van der Waals surface area contributed by atoms with Gasteiger partial charge in [-0.2, -0.15) is 0 Å². The summed E-state index contributed by atoms with van der Waals surface area (Å²) in [5, 5.41) is 13.9. The second-order valence-electron chi connectivity index (χ2n) is 19.3. The number of urea groups is 1. The maximum Gasteiger partial charge on any atom is 0.328 e. The molecule has 0 bridgehead atoms. The third kappa shape index (κ3) is 8.48. The number of fused-ring (bicyclic) bond motifs is 2. The predicted molar refractivity (Wildman–Crippen MR) is 250 cm³/mol. The van der Waals surface area contributed by atoms with E-state index in [0.717, 1.165) is 67.4 Å². The lowest BCUT2D eigenvalue weighted by Crippen LogP contribution is -2.60. The third-order valence-corrected chi connectivity index (χ3v) is 15.9. The summed E-state index contributed by atoms with van der Waals surface area (Å²) < 4.78 is 39.6. The monoisotopic (exact) mass is 941 g/mol. The van der Waals surface area contributed by atoms with Crippen molar-refractivity contribution < 1.29 is 32.7 Å². The van der Waals surface area contributed by atoms with E-state index in [4.69, 9.17) is 21.4 Å². The number of hydrogen-bond acceptors (Lipinski definition) is 11. The van der Waals surface area contributed by atoms with Crippen LogP contribution in [0.5, 0.6) is 0 Å². The number of ether oxygens (including phenoxy) is 1. The summed E-state index contributed by atoms with van der Waals surface area (Å²) in [5.41, 5.74) is 6.27. The number of alkyl halides is 2. The lowest BCUT2D eigenvalue weighted by Gasteiger charge is -2.51. The Morgan fingerprint density at radius 3 is 2.40 bits per heavy atom. The van der Waals surface area contributed by atoms with E-state index in [1.165, 1.54) is 4.90 Å². The van der Waals surface area contributed by atoms with Crippen LogP contribution >= 0.6 is 11.6 Å². The van der Waals surface area contributed by atoms with E-state index < -0.39 is 18.0 Å². The Balaban J connectivity index is 0.750. The molecule has 6 aliphatic rings. The Morgan fingerprint density at radius 2 is 1.70 bits per heavy atom. The molecule has 1 saturated carbocycles. The molecule has 4 aromatic rings. The number of nitrogens with zero attached hydrogens (tertiary/aromatic N) is 8. The number of amides is 5. The van der Waals surface area contributed by atoms with Crippen molar-refractivity contribution >= 4 is 63.9 Å². The van der Waals surface area contributed by atoms with Gasteiger partial charge in [0.1, 0.15) is 0 Å². The highest BCUT2D eigenvalue weighted by molar-refractivity contribution is 6.32. The molecule has 2 aromatic heterocycles. The van der Waals surface area contributed by atoms with Gasteiger partial charge in [0.15, 0.2) is 17.2 Å². The van der Waals surface area contributed by atoms with E-state index in [1.807, 2.05) is 46.0 Å². The van der Waals surface area contributed by atoms with Gasteiger partial charge >= 0.3 is 6.03 Å². The summed E-state index contributed by atoms with van der Waals surface area (Å²) in [6.07, 6.45) is 7.77. The molecule has 5 fully saturated rings. The number of nitrogens with one attached hydrogen (secondary N) is 3. The number of imidazole rings is 1. The van der Waals surface area contributed by atoms with Crippen LogP contribution in [0.4, 0.5) is 36.5 Å². The summed E-state index contributed by atoms with van der Waals surface area (Å²) in [6.45, 7) is 5.63. The average Bonchev–Trinajstić information content (AvgIpc) is 3.95. The van der Waals surface area contributed by atoms with Gasteiger partial charge in [0.2, 0.25) is 5.91 Å². The molecule has 19 heteroatoms. The highest BCUT2D eigenvalue weighted by Gasteiger charge is 2.50. The van der Waals surface area contributed by atoms with Crippen molar-refractivity contribution in [2.24, 2.45) is 5.41 Å². The average molecular weight is 943 g/mol. The molecule has 10 rings (SSSR count). The summed E-state index contributed by atoms with van der Waals surface area (Å²) >= 11 is 6.57. The number of halogens is 3. The fourth-order valence-corrected chi connectivity index (χ4v) is 11.6. The molecule has 1 spiro atoms. The van der Waals surface area contributed by atoms with Crippen molar-refractivity contribution in [2.75, 3.05) is 81.6 Å². The normalized spacial score (nSPS) is 24.1. The zero-order valence-electron chi connectivity index (χ0n) is 38.3. The fourth-order valence-electron chi connectivity index (χ4n) is 11.3. The minimum absolute atomic E-state index is 0.00524. The zero-order chi connectivity index (χ0) is 46.8. The molecule has 5 aliphatic heterocycles. The van der Waals surface area contributed by atoms with Gasteiger partial charge in [0.05, 0.1) is 42.3 Å². The Hall–Kier alpha value is -5.43. The lowest BCUT2D eigenvalue weighted by molar-refractivity contribution is -0.139. The molecule has 356 valence electrons. The summed E-state index contributed by atoms with van der Waals surface area (Å²) in [7, 11) is 3.46. The largest absolute Gasteiger partial charge is 0.385 e. The molecule has 0 radical (unpaired) electrons. The topological polar surface area (TPSA) is 160 Å². The van der Waals surface area contributed by atoms with Gasteiger partial charge < -0.3 is 25.2 Å². The van der Waals surface area contributed by atoms with Crippen LogP contribution in [0.15, 0.2) is 42.6 Å². The quantitative estimate of drug-likeness (QED) is 0.171. The van der Waals surface area contributed by atoms with Gasteiger partial charge in [-0.15, -0.1) is 5.10 Å². The van der Waals surface area contributed by atoms with E-state index >= 15 is 8.78 Å². The van der Waals surface area contributed by atoms with Crippen molar-refractivity contribution in [3.8, 4) is 0 Å². The van der Waals surface area contributed by atoms with E-state index in [2.05, 4.69) is 25.8 Å². The molecule has 67 heavy (non-hydrogen) atoms. The number of aromatic nitrogens is 3. The first-order chi connectivity index (χ1) is 32.2. The predicted octanol–water partition coefficient (Wildman–Crippen LogP) is 6.01. The van der Waals surface area contributed by atoms with Crippen molar-refractivity contribution in [3.63, 3.8) is 0 Å². The third-order valence-electron chi connectivity index (χ3n) is 15.5. The van der Waals surface area contributed by atoms with Gasteiger partial charge in [0.25, 0.3) is 17.7 Å². The number of rotatable bonds is 10. The minimum Gasteiger partial charge on any atom is -0.385 e. The second-order valence-corrected chi connectivity index (χ2v) is 19.7. The van der Waals surface area contributed by atoms with Crippen LogP contribution in [0.25, 0.3) is 5.65 Å². The molecule has 3 atom stereocenters. The minimum atomic E-state index is -2.89. The molecule has 7 heterocycles. The van der Waals surface area contributed by atoms with Gasteiger partial charge in [-0.1, -0.05) is 23.7 Å². The number of hydrogen-bond donors (Lipinski definition) is 3. The Morgan fingerprint density at radius 1 is 0.940 bits per heavy atom. The Bertz CT molecular complexity index is 2610. The van der Waals surface area contributed by atoms with E-state index in [0.29, 0.717) is 91.2 Å². The van der Waals surface area contributed by atoms with Gasteiger partial charge in [-0.3, -0.25) is 34.4 Å². The number of carbonyl (C=O) groups excluding carboxylic acids is 4. The number of likely N-dealkylation sites (tertiary alicyclic amines) is 3. The summed E-state index contributed by atoms with van der Waals surface area (Å²) in [5.74, 6) is -3.00. The van der Waals surface area contributed by atoms with Crippen LogP contribution < -0.4 is 25.8 Å². The number of piperidine rings is 3. The highest BCUT2D eigenvalue weighted by Crippen LogP contribution is 2.45. The smallest absolute Gasteiger partial charge is 0.328 e. The molecule has 0 unspecified atom stereocenters. The van der Waals surface area contributed by atoms with Crippen molar-refractivity contribution in [1.29, 1.82) is 0 Å². The first-order valence-corrected chi connectivity index (χ1v) is 24.0. The van der Waals surface area contributed by atoms with Crippen LogP contribution in [0.3, 0.4) is 0 Å². The Labute approximate surface area is 393 Å². The molecular weight excluding hydrogens is 884 g/mol. The van der Waals surface area contributed by atoms with Crippen molar-refractivity contribution in [3.05, 3.63) is 75.6 Å². The number of benzene rings is 2.